The van der Waals surface area contributed by atoms with Crippen LogP contribution in [0.5, 0.6) is 6.01 Å². The summed E-state index contributed by atoms with van der Waals surface area (Å²) in [4.78, 5) is 29.2. The zero-order valence-electron chi connectivity index (χ0n) is 21.4. The molecule has 2 aromatic heterocycles. The molecule has 0 saturated carbocycles. The number of aromatic nitrogens is 4. The van der Waals surface area contributed by atoms with Gasteiger partial charge in [-0.25, -0.2) is 14.4 Å². The van der Waals surface area contributed by atoms with E-state index in [9.17, 15) is 9.18 Å². The number of H-pyrrole nitrogens is 1. The van der Waals surface area contributed by atoms with Gasteiger partial charge in [-0.1, -0.05) is 0 Å². The third-order valence-corrected chi connectivity index (χ3v) is 5.95. The van der Waals surface area contributed by atoms with Crippen LogP contribution in [-0.4, -0.2) is 77.6 Å². The summed E-state index contributed by atoms with van der Waals surface area (Å²) in [6.45, 7) is 3.37. The molecule has 1 amide bonds. The summed E-state index contributed by atoms with van der Waals surface area (Å²) in [5, 5.41) is 11.9. The molecule has 1 saturated heterocycles. The van der Waals surface area contributed by atoms with Gasteiger partial charge in [-0.3, -0.25) is 4.79 Å². The highest BCUT2D eigenvalue weighted by molar-refractivity contribution is 5.82. The van der Waals surface area contributed by atoms with Crippen LogP contribution in [0.4, 0.5) is 4.39 Å². The molecule has 0 spiro atoms. The summed E-state index contributed by atoms with van der Waals surface area (Å²) in [5.41, 5.74) is 1.34. The van der Waals surface area contributed by atoms with Crippen LogP contribution >= 0.6 is 0 Å². The minimum Gasteiger partial charge on any atom is -0.463 e. The smallest absolute Gasteiger partial charge is 0.316 e. The van der Waals surface area contributed by atoms with Crippen molar-refractivity contribution in [2.45, 2.75) is 26.1 Å². The molecule has 0 bridgehead atoms. The lowest BCUT2D eigenvalue weighted by atomic mass is 9.91. The topological polar surface area (TPSA) is 141 Å². The molecular weight excluding hydrogens is 497 g/mol. The minimum absolute atomic E-state index is 0.00573. The molecule has 1 fully saturated rings. The number of hydrogen-bond acceptors (Lipinski definition) is 9. The van der Waals surface area contributed by atoms with Gasteiger partial charge < -0.3 is 34.4 Å². The SMILES string of the molecule is COCCCNC(=O)C1(C)COC(c2nc(-c3ccc(F)cc3)c(-c3ccnc(OCCCO)n3)[nH]2)OC1. The van der Waals surface area contributed by atoms with E-state index < -0.39 is 11.7 Å². The van der Waals surface area contributed by atoms with E-state index in [1.165, 1.54) is 12.1 Å². The summed E-state index contributed by atoms with van der Waals surface area (Å²) >= 11 is 0. The molecule has 0 radical (unpaired) electrons. The van der Waals surface area contributed by atoms with Crippen molar-refractivity contribution >= 4 is 5.91 Å². The van der Waals surface area contributed by atoms with Gasteiger partial charge in [0, 0.05) is 45.0 Å². The Morgan fingerprint density at radius 1 is 1.18 bits per heavy atom. The van der Waals surface area contributed by atoms with Crippen molar-refractivity contribution in [1.29, 1.82) is 0 Å². The van der Waals surface area contributed by atoms with E-state index in [0.717, 1.165) is 0 Å². The van der Waals surface area contributed by atoms with Gasteiger partial charge in [0.15, 0.2) is 5.82 Å². The first-order chi connectivity index (χ1) is 18.4. The Morgan fingerprint density at radius 2 is 1.95 bits per heavy atom. The number of ether oxygens (including phenoxy) is 4. The lowest BCUT2D eigenvalue weighted by Gasteiger charge is -2.35. The van der Waals surface area contributed by atoms with Crippen molar-refractivity contribution in [3.05, 3.63) is 48.2 Å². The molecule has 1 aromatic carbocycles. The van der Waals surface area contributed by atoms with Crippen LogP contribution in [0.1, 0.15) is 31.9 Å². The molecule has 3 heterocycles. The number of rotatable bonds is 12. The molecule has 0 unspecified atom stereocenters. The Hall–Kier alpha value is -3.45. The second-order valence-corrected chi connectivity index (χ2v) is 9.12. The number of nitrogens with zero attached hydrogens (tertiary/aromatic N) is 3. The Morgan fingerprint density at radius 3 is 2.66 bits per heavy atom. The Kier molecular flexibility index (Phi) is 9.34. The molecule has 12 heteroatoms. The van der Waals surface area contributed by atoms with E-state index >= 15 is 0 Å². The van der Waals surface area contributed by atoms with Crippen LogP contribution in [0.2, 0.25) is 0 Å². The minimum atomic E-state index is -0.855. The number of nitrogens with one attached hydrogen (secondary N) is 2. The van der Waals surface area contributed by atoms with Crippen molar-refractivity contribution < 1.29 is 33.2 Å². The van der Waals surface area contributed by atoms with Gasteiger partial charge in [0.2, 0.25) is 12.2 Å². The van der Waals surface area contributed by atoms with Crippen LogP contribution in [0.3, 0.4) is 0 Å². The highest BCUT2D eigenvalue weighted by Crippen LogP contribution is 2.35. The van der Waals surface area contributed by atoms with E-state index in [1.807, 2.05) is 0 Å². The first-order valence-corrected chi connectivity index (χ1v) is 12.4. The van der Waals surface area contributed by atoms with Crippen LogP contribution in [0.15, 0.2) is 36.5 Å². The monoisotopic (exact) mass is 529 g/mol. The summed E-state index contributed by atoms with van der Waals surface area (Å²) in [7, 11) is 1.62. The predicted molar refractivity (Wildman–Crippen MR) is 134 cm³/mol. The number of aliphatic hydroxyl groups is 1. The molecule has 4 rings (SSSR count). The molecule has 11 nitrogen and oxygen atoms in total. The van der Waals surface area contributed by atoms with Gasteiger partial charge in [-0.15, -0.1) is 0 Å². The number of amides is 1. The average Bonchev–Trinajstić information content (AvgIpc) is 3.38. The lowest BCUT2D eigenvalue weighted by Crippen LogP contribution is -2.48. The number of aliphatic hydroxyl groups excluding tert-OH is 1. The summed E-state index contributed by atoms with van der Waals surface area (Å²) in [5.74, 6) is -0.150. The highest BCUT2D eigenvalue weighted by atomic mass is 19.1. The number of aromatic amines is 1. The van der Waals surface area contributed by atoms with Crippen molar-refractivity contribution in [2.24, 2.45) is 5.41 Å². The van der Waals surface area contributed by atoms with E-state index in [2.05, 4.69) is 20.3 Å². The Balaban J connectivity index is 1.55. The predicted octanol–water partition coefficient (Wildman–Crippen LogP) is 2.64. The van der Waals surface area contributed by atoms with E-state index in [4.69, 9.17) is 29.0 Å². The van der Waals surface area contributed by atoms with Crippen LogP contribution in [0, 0.1) is 11.2 Å². The number of halogens is 1. The Labute approximate surface area is 219 Å². The number of hydrogen-bond donors (Lipinski definition) is 3. The number of carbonyl (C=O) groups excluding carboxylic acids is 1. The molecule has 3 aromatic rings. The van der Waals surface area contributed by atoms with Gasteiger partial charge in [0.05, 0.1) is 42.3 Å². The number of carbonyl (C=O) groups is 1. The summed E-state index contributed by atoms with van der Waals surface area (Å²) < 4.78 is 36.0. The average molecular weight is 530 g/mol. The summed E-state index contributed by atoms with van der Waals surface area (Å²) in [6.07, 6.45) is 1.86. The maximum atomic E-state index is 13.6. The molecule has 0 aliphatic carbocycles. The first kappa shape index (κ1) is 27.6. The van der Waals surface area contributed by atoms with E-state index in [-0.39, 0.29) is 44.2 Å². The van der Waals surface area contributed by atoms with Crippen molar-refractivity contribution in [2.75, 3.05) is 46.7 Å². The van der Waals surface area contributed by atoms with Crippen LogP contribution < -0.4 is 10.1 Å². The molecule has 1 aliphatic rings. The number of imidazole rings is 1. The largest absolute Gasteiger partial charge is 0.463 e. The van der Waals surface area contributed by atoms with E-state index in [0.29, 0.717) is 54.5 Å². The normalized spacial score (nSPS) is 19.3. The second kappa shape index (κ2) is 12.9. The number of methoxy groups -OCH3 is 1. The van der Waals surface area contributed by atoms with Crippen molar-refractivity contribution in [3.8, 4) is 28.7 Å². The first-order valence-electron chi connectivity index (χ1n) is 12.4. The fraction of sp³-hybridized carbons (Fsp3) is 0.462. The third-order valence-electron chi connectivity index (χ3n) is 5.95. The lowest BCUT2D eigenvalue weighted by molar-refractivity contribution is -0.231. The van der Waals surface area contributed by atoms with Gasteiger partial charge >= 0.3 is 6.01 Å². The summed E-state index contributed by atoms with van der Waals surface area (Å²) in [6, 6.07) is 7.77. The maximum Gasteiger partial charge on any atom is 0.316 e. The maximum absolute atomic E-state index is 13.6. The molecular formula is C26H32FN5O6. The van der Waals surface area contributed by atoms with Crippen molar-refractivity contribution in [1.82, 2.24) is 25.3 Å². The van der Waals surface area contributed by atoms with Gasteiger partial charge in [-0.05, 0) is 43.7 Å². The second-order valence-electron chi connectivity index (χ2n) is 9.12. The van der Waals surface area contributed by atoms with Gasteiger partial charge in [0.25, 0.3) is 0 Å². The quantitative estimate of drug-likeness (QED) is 0.302. The molecule has 1 aliphatic heterocycles. The zero-order valence-corrected chi connectivity index (χ0v) is 21.4. The number of benzene rings is 1. The fourth-order valence-electron chi connectivity index (χ4n) is 3.81. The zero-order chi connectivity index (χ0) is 27.0. The van der Waals surface area contributed by atoms with Gasteiger partial charge in [-0.2, -0.15) is 4.98 Å². The van der Waals surface area contributed by atoms with Crippen LogP contribution in [0.25, 0.3) is 22.6 Å². The Bertz CT molecular complexity index is 1200. The molecule has 38 heavy (non-hydrogen) atoms. The standard InChI is InChI=1S/C26H32FN5O6/c1-26(24(34)28-10-3-13-35-2)15-37-23(38-16-26)22-31-20(17-5-7-18(27)8-6-17)21(32-22)19-9-11-29-25(30-19)36-14-4-12-33/h5-9,11,23,33H,3-4,10,12-16H2,1-2H3,(H,28,34)(H,31,32). The molecule has 3 N–H and O–H groups in total. The highest BCUT2D eigenvalue weighted by Gasteiger charge is 2.40. The molecule has 0 atom stereocenters. The third kappa shape index (κ3) is 6.70. The van der Waals surface area contributed by atoms with Crippen molar-refractivity contribution in [3.63, 3.8) is 0 Å². The fourth-order valence-corrected chi connectivity index (χ4v) is 3.81. The molecule has 204 valence electrons. The van der Waals surface area contributed by atoms with Crippen LogP contribution in [-0.2, 0) is 19.0 Å². The van der Waals surface area contributed by atoms with Gasteiger partial charge in [0.1, 0.15) is 5.82 Å². The van der Waals surface area contributed by atoms with E-state index in [1.54, 1.807) is 38.4 Å².